The molecule has 0 amide bonds. The zero-order valence-electron chi connectivity index (χ0n) is 34.1. The highest BCUT2D eigenvalue weighted by Gasteiger charge is 2.30. The summed E-state index contributed by atoms with van der Waals surface area (Å²) in [5.41, 5.74) is 31.9. The van der Waals surface area contributed by atoms with Crippen molar-refractivity contribution in [2.24, 2.45) is 11.5 Å². The van der Waals surface area contributed by atoms with E-state index in [4.69, 9.17) is 16.5 Å². The first kappa shape index (κ1) is 34.8. The second-order valence-electron chi connectivity index (χ2n) is 17.1. The molecule has 0 bridgehead atoms. The van der Waals surface area contributed by atoms with Crippen LogP contribution < -0.4 is 11.5 Å². The average Bonchev–Trinajstić information content (AvgIpc) is 4.11. The van der Waals surface area contributed by atoms with Crippen molar-refractivity contribution in [1.29, 1.82) is 0 Å². The molecule has 0 fully saturated rings. The molecule has 298 valence electrons. The summed E-state index contributed by atoms with van der Waals surface area (Å²) < 4.78 is 7.01. The highest BCUT2D eigenvalue weighted by Crippen LogP contribution is 2.48. The quantitative estimate of drug-likeness (QED) is 0.180. The van der Waals surface area contributed by atoms with Crippen molar-refractivity contribution in [3.63, 3.8) is 0 Å². The Bertz CT molecular complexity index is 3680. The molecule has 4 N–H and O–H groups in total. The number of hydrogen-bond acceptors (Lipinski definition) is 5. The predicted molar refractivity (Wildman–Crippen MR) is 256 cm³/mol. The molecule has 4 heterocycles. The van der Waals surface area contributed by atoms with Crippen molar-refractivity contribution < 1.29 is 0 Å². The largest absolute Gasteiger partial charge is 0.330 e. The normalized spacial score (nSPS) is 15.3. The summed E-state index contributed by atoms with van der Waals surface area (Å²) in [5.74, 6) is 0.801. The van der Waals surface area contributed by atoms with Gasteiger partial charge in [0.1, 0.15) is 0 Å². The van der Waals surface area contributed by atoms with Gasteiger partial charge in [0.05, 0.1) is 45.5 Å². The van der Waals surface area contributed by atoms with E-state index in [1.54, 1.807) is 12.4 Å². The minimum atomic E-state index is 0.142. The Kier molecular flexibility index (Phi) is 7.07. The summed E-state index contributed by atoms with van der Waals surface area (Å²) in [4.78, 5) is 4.83. The van der Waals surface area contributed by atoms with Gasteiger partial charge in [0.2, 0.25) is 0 Å². The monoisotopic (exact) mass is 810 g/mol. The van der Waals surface area contributed by atoms with Gasteiger partial charge in [-0.2, -0.15) is 5.10 Å². The molecule has 0 saturated heterocycles. The first-order valence-corrected chi connectivity index (χ1v) is 21.6. The van der Waals surface area contributed by atoms with Crippen LogP contribution in [0.15, 0.2) is 170 Å². The van der Waals surface area contributed by atoms with E-state index in [1.807, 2.05) is 0 Å². The second kappa shape index (κ2) is 12.8. The van der Waals surface area contributed by atoms with E-state index in [2.05, 4.69) is 182 Å². The molecule has 2 unspecified atom stereocenters. The van der Waals surface area contributed by atoms with Gasteiger partial charge in [0.25, 0.3) is 5.95 Å². The average molecular weight is 811 g/mol. The highest BCUT2D eigenvalue weighted by molar-refractivity contribution is 6.23. The summed E-state index contributed by atoms with van der Waals surface area (Å²) in [6.45, 7) is 1.10. The van der Waals surface area contributed by atoms with Gasteiger partial charge in [0.15, 0.2) is 0 Å². The second-order valence-corrected chi connectivity index (χ2v) is 17.1. The molecule has 4 aromatic heterocycles. The lowest BCUT2D eigenvalue weighted by Crippen LogP contribution is -2.11. The molecule has 0 radical (unpaired) electrons. The van der Waals surface area contributed by atoms with E-state index in [1.165, 1.54) is 66.1 Å². The fraction of sp³-hybridized carbons (Fsp3) is 0.0727. The number of nitrogens with two attached hydrogens (primary N) is 2. The van der Waals surface area contributed by atoms with Crippen molar-refractivity contribution in [3.05, 3.63) is 192 Å². The summed E-state index contributed by atoms with van der Waals surface area (Å²) in [6.07, 6.45) is 3.35. The maximum atomic E-state index is 6.50. The molecule has 14 rings (SSSR count). The van der Waals surface area contributed by atoms with E-state index in [9.17, 15) is 0 Å². The molecule has 2 aliphatic carbocycles. The molecule has 2 aliphatic rings. The Morgan fingerprint density at radius 1 is 0.381 bits per heavy atom. The van der Waals surface area contributed by atoms with Gasteiger partial charge in [0, 0.05) is 68.6 Å². The van der Waals surface area contributed by atoms with Crippen LogP contribution in [0.1, 0.15) is 34.1 Å². The predicted octanol–water partition coefficient (Wildman–Crippen LogP) is 11.3. The third-order valence-corrected chi connectivity index (χ3v) is 14.1. The molecule has 0 spiro atoms. The van der Waals surface area contributed by atoms with Crippen LogP contribution in [-0.4, -0.2) is 42.0 Å². The molecule has 0 saturated carbocycles. The Labute approximate surface area is 361 Å². The Hall–Kier alpha value is -7.91. The van der Waals surface area contributed by atoms with E-state index in [-0.39, 0.29) is 11.8 Å². The van der Waals surface area contributed by atoms with Gasteiger partial charge < -0.3 is 20.6 Å². The SMILES string of the molecule is NCC1c2ccccc2-c2ccc(-n3c4ccccc4c4cc5c6cc7c8ccccc8n(-c8ccc9c(c8)C(CN)c8ccccc8-9)c7cc6n(-c6nccnn6)c5cc43)cc21. The number of rotatable bonds is 5. The van der Waals surface area contributed by atoms with Gasteiger partial charge in [-0.1, -0.05) is 97.1 Å². The summed E-state index contributed by atoms with van der Waals surface area (Å²) >= 11 is 0. The topological polar surface area (TPSA) is 105 Å². The van der Waals surface area contributed by atoms with Crippen molar-refractivity contribution >= 4 is 65.4 Å². The molecule has 0 aliphatic heterocycles. The molecular formula is C55H38N8. The summed E-state index contributed by atoms with van der Waals surface area (Å²) in [5, 5.41) is 16.0. The van der Waals surface area contributed by atoms with Crippen molar-refractivity contribution in [2.45, 2.75) is 11.8 Å². The number of para-hydroxylation sites is 2. The number of hydrogen-bond donors (Lipinski definition) is 2. The third-order valence-electron chi connectivity index (χ3n) is 14.1. The van der Waals surface area contributed by atoms with Crippen LogP contribution in [-0.2, 0) is 0 Å². The molecule has 63 heavy (non-hydrogen) atoms. The van der Waals surface area contributed by atoms with Gasteiger partial charge >= 0.3 is 0 Å². The zero-order valence-corrected chi connectivity index (χ0v) is 34.1. The van der Waals surface area contributed by atoms with Crippen molar-refractivity contribution in [3.8, 4) is 39.6 Å². The standard InChI is InChI=1S/C55H38N8/c56-29-47-35-11-3-1-9-33(35)37-19-17-31(23-41(37)47)61-49-15-7-5-13-39(49)43-25-45-46-26-44-40-14-6-8-16-50(40)62(32-18-20-38-34-10-2-4-12-36(34)48(30-57)42(38)24-32)52(44)28-54(46)63(53(45)27-51(43)61)55-58-21-22-59-60-55/h1-28,47-48H,29-30,56-57H2. The lowest BCUT2D eigenvalue weighted by molar-refractivity contribution is 0.840. The van der Waals surface area contributed by atoms with Gasteiger partial charge in [-0.3, -0.25) is 4.57 Å². The molecule has 2 atom stereocenters. The maximum absolute atomic E-state index is 6.50. The number of aromatic nitrogens is 6. The Balaban J connectivity index is 1.05. The van der Waals surface area contributed by atoms with Crippen LogP contribution in [0.4, 0.5) is 0 Å². The van der Waals surface area contributed by atoms with E-state index >= 15 is 0 Å². The fourth-order valence-electron chi connectivity index (χ4n) is 11.4. The third kappa shape index (κ3) is 4.63. The van der Waals surface area contributed by atoms with Crippen molar-refractivity contribution in [2.75, 3.05) is 13.1 Å². The lowest BCUT2D eigenvalue weighted by atomic mass is 9.97. The van der Waals surface area contributed by atoms with Crippen LogP contribution in [0.3, 0.4) is 0 Å². The lowest BCUT2D eigenvalue weighted by Gasteiger charge is -2.14. The summed E-state index contributed by atoms with van der Waals surface area (Å²) in [6, 6.07) is 58.0. The number of nitrogens with zero attached hydrogens (tertiary/aromatic N) is 6. The van der Waals surface area contributed by atoms with Gasteiger partial charge in [-0.25, -0.2) is 4.98 Å². The van der Waals surface area contributed by atoms with E-state index in [0.717, 1.165) is 55.2 Å². The first-order valence-electron chi connectivity index (χ1n) is 21.6. The van der Waals surface area contributed by atoms with Crippen LogP contribution >= 0.6 is 0 Å². The van der Waals surface area contributed by atoms with Gasteiger partial charge in [-0.15, -0.1) is 5.10 Å². The minimum Gasteiger partial charge on any atom is -0.330 e. The molecule has 8 nitrogen and oxygen atoms in total. The van der Waals surface area contributed by atoms with Crippen LogP contribution in [0.2, 0.25) is 0 Å². The van der Waals surface area contributed by atoms with Crippen LogP contribution in [0, 0.1) is 0 Å². The molecule has 8 heteroatoms. The van der Waals surface area contributed by atoms with Crippen LogP contribution in [0.25, 0.3) is 105 Å². The highest BCUT2D eigenvalue weighted by atomic mass is 15.3. The molecule has 8 aromatic carbocycles. The summed E-state index contributed by atoms with van der Waals surface area (Å²) in [7, 11) is 0. The van der Waals surface area contributed by atoms with E-state index < -0.39 is 0 Å². The maximum Gasteiger partial charge on any atom is 0.254 e. The Morgan fingerprint density at radius 3 is 1.32 bits per heavy atom. The first-order chi connectivity index (χ1) is 31.2. The molecule has 12 aromatic rings. The minimum absolute atomic E-state index is 0.142. The molecular weight excluding hydrogens is 773 g/mol. The van der Waals surface area contributed by atoms with Crippen molar-refractivity contribution in [1.82, 2.24) is 28.9 Å². The van der Waals surface area contributed by atoms with E-state index in [0.29, 0.717) is 19.0 Å². The van der Waals surface area contributed by atoms with Crippen LogP contribution in [0.5, 0.6) is 0 Å². The zero-order chi connectivity index (χ0) is 41.5. The Morgan fingerprint density at radius 2 is 0.825 bits per heavy atom. The number of benzene rings is 8. The smallest absolute Gasteiger partial charge is 0.254 e. The number of fused-ring (bicyclic) bond motifs is 15. The fourth-order valence-corrected chi connectivity index (χ4v) is 11.4. The van der Waals surface area contributed by atoms with Gasteiger partial charge in [-0.05, 0) is 105 Å².